The third-order valence-corrected chi connectivity index (χ3v) is 4.03. The molecule has 0 aliphatic rings. The van der Waals surface area contributed by atoms with Crippen LogP contribution in [0.4, 0.5) is 8.78 Å². The molecule has 0 aliphatic carbocycles. The molecule has 0 radical (unpaired) electrons. The summed E-state index contributed by atoms with van der Waals surface area (Å²) in [5, 5.41) is 15.8. The molecule has 0 aromatic heterocycles. The van der Waals surface area contributed by atoms with E-state index in [2.05, 4.69) is 15.6 Å². The van der Waals surface area contributed by atoms with Crippen LogP contribution in [0.5, 0.6) is 0 Å². The number of nitrogens with zero attached hydrogens (tertiary/aromatic N) is 1. The molecule has 0 fully saturated rings. The number of benzene rings is 2. The zero-order valence-electron chi connectivity index (χ0n) is 14.9. The minimum Gasteiger partial charge on any atom is -0.396 e. The second-order valence-corrected chi connectivity index (χ2v) is 5.89. The summed E-state index contributed by atoms with van der Waals surface area (Å²) in [5.74, 6) is -0.634. The Bertz CT molecular complexity index is 687. The van der Waals surface area contributed by atoms with Crippen molar-refractivity contribution in [3.05, 3.63) is 71.3 Å². The maximum absolute atomic E-state index is 13.7. The highest BCUT2D eigenvalue weighted by atomic mass is 19.1. The van der Waals surface area contributed by atoms with E-state index in [1.165, 1.54) is 18.2 Å². The number of guanidine groups is 1. The van der Waals surface area contributed by atoms with Crippen LogP contribution in [0.1, 0.15) is 24.0 Å². The van der Waals surface area contributed by atoms with Gasteiger partial charge in [0.25, 0.3) is 0 Å². The first-order chi connectivity index (χ1) is 12.7. The zero-order valence-corrected chi connectivity index (χ0v) is 14.9. The molecule has 26 heavy (non-hydrogen) atoms. The van der Waals surface area contributed by atoms with Crippen molar-refractivity contribution in [2.75, 3.05) is 26.2 Å². The first kappa shape index (κ1) is 19.8. The highest BCUT2D eigenvalue weighted by molar-refractivity contribution is 5.79. The van der Waals surface area contributed by atoms with Gasteiger partial charge in [0.05, 0.1) is 13.2 Å². The van der Waals surface area contributed by atoms with Crippen LogP contribution in [0.3, 0.4) is 0 Å². The molecular weight excluding hydrogens is 336 g/mol. The monoisotopic (exact) mass is 361 g/mol. The lowest BCUT2D eigenvalue weighted by atomic mass is 10.0. The van der Waals surface area contributed by atoms with E-state index in [9.17, 15) is 13.9 Å². The predicted molar refractivity (Wildman–Crippen MR) is 100 cm³/mol. The van der Waals surface area contributed by atoms with Gasteiger partial charge in [-0.3, -0.25) is 4.99 Å². The van der Waals surface area contributed by atoms with Crippen LogP contribution in [-0.4, -0.2) is 37.3 Å². The van der Waals surface area contributed by atoms with Crippen LogP contribution >= 0.6 is 0 Å². The molecule has 0 aliphatic heterocycles. The molecule has 0 heterocycles. The Labute approximate surface area is 153 Å². The predicted octanol–water partition coefficient (Wildman–Crippen LogP) is 2.84. The maximum Gasteiger partial charge on any atom is 0.191 e. The van der Waals surface area contributed by atoms with Crippen molar-refractivity contribution in [1.29, 1.82) is 0 Å². The Kier molecular flexibility index (Phi) is 8.02. The number of rotatable bonds is 8. The molecular formula is C20H25F2N3O. The van der Waals surface area contributed by atoms with Crippen LogP contribution in [0, 0.1) is 11.6 Å². The van der Waals surface area contributed by atoms with E-state index in [0.717, 1.165) is 5.56 Å². The third kappa shape index (κ3) is 5.81. The highest BCUT2D eigenvalue weighted by Gasteiger charge is 2.11. The fourth-order valence-electron chi connectivity index (χ4n) is 2.61. The number of halogens is 2. The van der Waals surface area contributed by atoms with Gasteiger partial charge < -0.3 is 15.7 Å². The van der Waals surface area contributed by atoms with Crippen molar-refractivity contribution in [3.8, 4) is 0 Å². The number of hydrogen-bond donors (Lipinski definition) is 3. The fraction of sp³-hybridized carbons (Fsp3) is 0.350. The normalized spacial score (nSPS) is 12.7. The lowest BCUT2D eigenvalue weighted by molar-refractivity contribution is 0.268. The smallest absolute Gasteiger partial charge is 0.191 e. The number of hydrogen-bond acceptors (Lipinski definition) is 2. The van der Waals surface area contributed by atoms with Gasteiger partial charge >= 0.3 is 0 Å². The fourth-order valence-corrected chi connectivity index (χ4v) is 2.61. The summed E-state index contributed by atoms with van der Waals surface area (Å²) in [6, 6.07) is 13.5. The Morgan fingerprint density at radius 2 is 1.73 bits per heavy atom. The molecule has 1 unspecified atom stereocenters. The summed E-state index contributed by atoms with van der Waals surface area (Å²) in [6.07, 6.45) is 0.213. The highest BCUT2D eigenvalue weighted by Crippen LogP contribution is 2.15. The van der Waals surface area contributed by atoms with Gasteiger partial charge in [0.2, 0.25) is 0 Å². The quantitative estimate of drug-likeness (QED) is 0.501. The molecule has 1 atom stereocenters. The zero-order chi connectivity index (χ0) is 18.8. The SMILES string of the molecule is CCNC(=NCC(CO)c1ccccc1)NCCc1c(F)cccc1F. The summed E-state index contributed by atoms with van der Waals surface area (Å²) in [7, 11) is 0. The standard InChI is InChI=1S/C20H25F2N3O/c1-2-23-20(24-12-11-17-18(21)9-6-10-19(17)22)25-13-16(14-26)15-7-4-3-5-8-15/h3-10,16,26H,2,11-14H2,1H3,(H2,23,24,25). The van der Waals surface area contributed by atoms with Gasteiger partial charge in [-0.25, -0.2) is 8.78 Å². The number of nitrogens with one attached hydrogen (secondary N) is 2. The van der Waals surface area contributed by atoms with Gasteiger partial charge in [-0.1, -0.05) is 36.4 Å². The summed E-state index contributed by atoms with van der Waals surface area (Å²) in [4.78, 5) is 4.48. The van der Waals surface area contributed by atoms with Crippen LogP contribution in [-0.2, 0) is 6.42 Å². The van der Waals surface area contributed by atoms with Gasteiger partial charge in [0, 0.05) is 24.6 Å². The lowest BCUT2D eigenvalue weighted by Crippen LogP contribution is -2.38. The van der Waals surface area contributed by atoms with Gasteiger partial charge in [0.1, 0.15) is 11.6 Å². The minimum atomic E-state index is -0.543. The van der Waals surface area contributed by atoms with Crippen LogP contribution in [0.15, 0.2) is 53.5 Å². The summed E-state index contributed by atoms with van der Waals surface area (Å²) >= 11 is 0. The molecule has 6 heteroatoms. The van der Waals surface area contributed by atoms with Crippen molar-refractivity contribution in [3.63, 3.8) is 0 Å². The lowest BCUT2D eigenvalue weighted by Gasteiger charge is -2.15. The summed E-state index contributed by atoms with van der Waals surface area (Å²) < 4.78 is 27.3. The van der Waals surface area contributed by atoms with Gasteiger partial charge in [-0.2, -0.15) is 0 Å². The molecule has 140 valence electrons. The summed E-state index contributed by atoms with van der Waals surface area (Å²) in [6.45, 7) is 3.35. The molecule has 2 aromatic carbocycles. The van der Waals surface area contributed by atoms with E-state index in [1.807, 2.05) is 37.3 Å². The molecule has 0 saturated heterocycles. The van der Waals surface area contributed by atoms with E-state index in [-0.39, 0.29) is 24.5 Å². The van der Waals surface area contributed by atoms with Crippen molar-refractivity contribution in [1.82, 2.24) is 10.6 Å². The first-order valence-electron chi connectivity index (χ1n) is 8.76. The van der Waals surface area contributed by atoms with E-state index in [1.54, 1.807) is 0 Å². The third-order valence-electron chi connectivity index (χ3n) is 4.03. The van der Waals surface area contributed by atoms with Crippen molar-refractivity contribution in [2.24, 2.45) is 4.99 Å². The molecule has 0 amide bonds. The molecule has 0 bridgehead atoms. The second kappa shape index (κ2) is 10.5. The first-order valence-corrected chi connectivity index (χ1v) is 8.76. The van der Waals surface area contributed by atoms with Crippen LogP contribution < -0.4 is 10.6 Å². The molecule has 0 spiro atoms. The van der Waals surface area contributed by atoms with E-state index >= 15 is 0 Å². The minimum absolute atomic E-state index is 0.00659. The van der Waals surface area contributed by atoms with Crippen molar-refractivity contribution in [2.45, 2.75) is 19.3 Å². The van der Waals surface area contributed by atoms with E-state index in [0.29, 0.717) is 25.6 Å². The van der Waals surface area contributed by atoms with Gasteiger partial charge in [-0.15, -0.1) is 0 Å². The molecule has 4 nitrogen and oxygen atoms in total. The molecule has 0 saturated carbocycles. The largest absolute Gasteiger partial charge is 0.396 e. The Morgan fingerprint density at radius 1 is 1.04 bits per heavy atom. The Balaban J connectivity index is 1.96. The van der Waals surface area contributed by atoms with Gasteiger partial charge in [-0.05, 0) is 31.0 Å². The number of aliphatic hydroxyl groups excluding tert-OH is 1. The Morgan fingerprint density at radius 3 is 2.35 bits per heavy atom. The second-order valence-electron chi connectivity index (χ2n) is 5.89. The maximum atomic E-state index is 13.7. The van der Waals surface area contributed by atoms with E-state index < -0.39 is 11.6 Å². The molecule has 2 rings (SSSR count). The average molecular weight is 361 g/mol. The van der Waals surface area contributed by atoms with Crippen LogP contribution in [0.25, 0.3) is 0 Å². The van der Waals surface area contributed by atoms with Gasteiger partial charge in [0.15, 0.2) is 5.96 Å². The number of aliphatic imine (C=N–C) groups is 1. The summed E-state index contributed by atoms with van der Waals surface area (Å²) in [5.41, 5.74) is 1.08. The van der Waals surface area contributed by atoms with Crippen LogP contribution in [0.2, 0.25) is 0 Å². The van der Waals surface area contributed by atoms with Crippen molar-refractivity contribution < 1.29 is 13.9 Å². The topological polar surface area (TPSA) is 56.7 Å². The molecule has 2 aromatic rings. The average Bonchev–Trinajstić information content (AvgIpc) is 2.65. The number of aliphatic hydroxyl groups is 1. The Hall–Kier alpha value is -2.47. The molecule has 3 N–H and O–H groups in total. The van der Waals surface area contributed by atoms with E-state index in [4.69, 9.17) is 0 Å². The van der Waals surface area contributed by atoms with Crippen molar-refractivity contribution >= 4 is 5.96 Å².